The van der Waals surface area contributed by atoms with Gasteiger partial charge in [0, 0.05) is 44.4 Å². The molecule has 2 heterocycles. The van der Waals surface area contributed by atoms with Crippen molar-refractivity contribution in [1.29, 1.82) is 0 Å². The van der Waals surface area contributed by atoms with E-state index in [4.69, 9.17) is 4.74 Å². The third-order valence-corrected chi connectivity index (χ3v) is 4.72. The Kier molecular flexibility index (Phi) is 5.42. The van der Waals surface area contributed by atoms with E-state index in [2.05, 4.69) is 22.0 Å². The van der Waals surface area contributed by atoms with Gasteiger partial charge in [-0.1, -0.05) is 0 Å². The van der Waals surface area contributed by atoms with Crippen LogP contribution in [0.5, 0.6) is 0 Å². The molecule has 0 aromatic heterocycles. The first-order valence-electron chi connectivity index (χ1n) is 6.41. The first kappa shape index (κ1) is 12.7. The molecule has 2 aliphatic rings. The summed E-state index contributed by atoms with van der Waals surface area (Å²) in [6, 6.07) is 0.720. The molecule has 94 valence electrons. The van der Waals surface area contributed by atoms with E-state index in [0.717, 1.165) is 18.6 Å². The summed E-state index contributed by atoms with van der Waals surface area (Å²) in [6.45, 7) is 5.90. The molecule has 1 N–H and O–H groups in total. The SMILES string of the molecule is COCC1CCN(CC2CSCCN2)CC1. The van der Waals surface area contributed by atoms with Crippen LogP contribution in [0, 0.1) is 5.92 Å². The second-order valence-electron chi connectivity index (χ2n) is 4.93. The summed E-state index contributed by atoms with van der Waals surface area (Å²) in [6.07, 6.45) is 2.63. The fraction of sp³-hybridized carbons (Fsp3) is 1.00. The molecule has 0 radical (unpaired) electrons. The molecule has 0 saturated carbocycles. The van der Waals surface area contributed by atoms with Crippen molar-refractivity contribution in [3.63, 3.8) is 0 Å². The van der Waals surface area contributed by atoms with Crippen molar-refractivity contribution >= 4 is 11.8 Å². The highest BCUT2D eigenvalue weighted by atomic mass is 32.2. The Morgan fingerprint density at radius 2 is 2.19 bits per heavy atom. The predicted octanol–water partition coefficient (Wildman–Crippen LogP) is 1.05. The van der Waals surface area contributed by atoms with Crippen LogP contribution >= 0.6 is 11.8 Å². The zero-order chi connectivity index (χ0) is 11.2. The highest BCUT2D eigenvalue weighted by Gasteiger charge is 2.22. The van der Waals surface area contributed by atoms with E-state index < -0.39 is 0 Å². The Balaban J connectivity index is 1.64. The number of methoxy groups -OCH3 is 1. The summed E-state index contributed by atoms with van der Waals surface area (Å²) in [7, 11) is 1.82. The van der Waals surface area contributed by atoms with Gasteiger partial charge in [0.25, 0.3) is 0 Å². The van der Waals surface area contributed by atoms with Crippen LogP contribution in [0.3, 0.4) is 0 Å². The number of hydrogen-bond acceptors (Lipinski definition) is 4. The lowest BCUT2D eigenvalue weighted by molar-refractivity contribution is 0.0963. The molecular formula is C12H24N2OS. The molecule has 4 heteroatoms. The monoisotopic (exact) mass is 244 g/mol. The summed E-state index contributed by atoms with van der Waals surface area (Å²) in [4.78, 5) is 2.62. The lowest BCUT2D eigenvalue weighted by Crippen LogP contribution is -2.48. The Bertz CT molecular complexity index is 189. The van der Waals surface area contributed by atoms with E-state index >= 15 is 0 Å². The minimum absolute atomic E-state index is 0.720. The third kappa shape index (κ3) is 3.91. The standard InChI is InChI=1S/C12H24N2OS/c1-15-9-11-2-5-14(6-3-11)8-12-10-16-7-4-13-12/h11-13H,2-10H2,1H3. The van der Waals surface area contributed by atoms with Gasteiger partial charge in [-0.25, -0.2) is 0 Å². The number of likely N-dealkylation sites (tertiary alicyclic amines) is 1. The van der Waals surface area contributed by atoms with Gasteiger partial charge in [-0.15, -0.1) is 0 Å². The van der Waals surface area contributed by atoms with E-state index in [-0.39, 0.29) is 0 Å². The molecule has 2 rings (SSSR count). The molecular weight excluding hydrogens is 220 g/mol. The van der Waals surface area contributed by atoms with Crippen LogP contribution in [0.1, 0.15) is 12.8 Å². The largest absolute Gasteiger partial charge is 0.384 e. The molecule has 16 heavy (non-hydrogen) atoms. The van der Waals surface area contributed by atoms with Gasteiger partial charge >= 0.3 is 0 Å². The van der Waals surface area contributed by atoms with E-state index in [0.29, 0.717) is 0 Å². The quantitative estimate of drug-likeness (QED) is 0.799. The van der Waals surface area contributed by atoms with Gasteiger partial charge in [0.15, 0.2) is 0 Å². The number of rotatable bonds is 4. The number of nitrogens with one attached hydrogen (secondary N) is 1. The number of ether oxygens (including phenoxy) is 1. The maximum atomic E-state index is 5.23. The lowest BCUT2D eigenvalue weighted by Gasteiger charge is -2.35. The van der Waals surface area contributed by atoms with Gasteiger partial charge in [-0.2, -0.15) is 11.8 Å². The van der Waals surface area contributed by atoms with E-state index in [9.17, 15) is 0 Å². The Morgan fingerprint density at radius 1 is 1.38 bits per heavy atom. The minimum Gasteiger partial charge on any atom is -0.384 e. The number of hydrogen-bond donors (Lipinski definition) is 1. The van der Waals surface area contributed by atoms with Crippen LogP contribution in [-0.4, -0.2) is 62.3 Å². The molecule has 2 fully saturated rings. The fourth-order valence-electron chi connectivity index (χ4n) is 2.62. The Hall–Kier alpha value is 0.230. The molecule has 1 atom stereocenters. The van der Waals surface area contributed by atoms with Crippen molar-refractivity contribution < 1.29 is 4.74 Å². The first-order valence-corrected chi connectivity index (χ1v) is 7.56. The van der Waals surface area contributed by atoms with Crippen molar-refractivity contribution in [1.82, 2.24) is 10.2 Å². The Labute approximate surface area is 103 Å². The van der Waals surface area contributed by atoms with E-state index in [1.807, 2.05) is 7.11 Å². The van der Waals surface area contributed by atoms with Crippen LogP contribution in [0.25, 0.3) is 0 Å². The van der Waals surface area contributed by atoms with Crippen LogP contribution in [0.4, 0.5) is 0 Å². The highest BCUT2D eigenvalue weighted by molar-refractivity contribution is 7.99. The molecule has 0 bridgehead atoms. The first-order chi connectivity index (χ1) is 7.88. The molecule has 2 aliphatic heterocycles. The van der Waals surface area contributed by atoms with Gasteiger partial charge in [0.2, 0.25) is 0 Å². The predicted molar refractivity (Wildman–Crippen MR) is 70.2 cm³/mol. The lowest BCUT2D eigenvalue weighted by atomic mass is 9.97. The maximum absolute atomic E-state index is 5.23. The fourth-order valence-corrected chi connectivity index (χ4v) is 3.56. The Morgan fingerprint density at radius 3 is 2.81 bits per heavy atom. The van der Waals surface area contributed by atoms with Gasteiger partial charge in [-0.05, 0) is 31.8 Å². The third-order valence-electron chi connectivity index (χ3n) is 3.59. The van der Waals surface area contributed by atoms with Crippen molar-refractivity contribution in [3.05, 3.63) is 0 Å². The van der Waals surface area contributed by atoms with Gasteiger partial charge in [-0.3, -0.25) is 0 Å². The molecule has 0 aliphatic carbocycles. The normalized spacial score (nSPS) is 29.4. The van der Waals surface area contributed by atoms with Gasteiger partial charge in [0.1, 0.15) is 0 Å². The molecule has 0 aromatic carbocycles. The number of nitrogens with zero attached hydrogens (tertiary/aromatic N) is 1. The summed E-state index contributed by atoms with van der Waals surface area (Å²) in [5.41, 5.74) is 0. The summed E-state index contributed by atoms with van der Waals surface area (Å²) in [5.74, 6) is 3.37. The summed E-state index contributed by atoms with van der Waals surface area (Å²) >= 11 is 2.09. The van der Waals surface area contributed by atoms with E-state index in [1.165, 1.54) is 50.5 Å². The number of thioether (sulfide) groups is 1. The average molecular weight is 244 g/mol. The maximum Gasteiger partial charge on any atom is 0.0491 e. The molecule has 2 saturated heterocycles. The summed E-state index contributed by atoms with van der Waals surface area (Å²) in [5, 5.41) is 3.62. The molecule has 3 nitrogen and oxygen atoms in total. The van der Waals surface area contributed by atoms with Crippen LogP contribution < -0.4 is 5.32 Å². The van der Waals surface area contributed by atoms with E-state index in [1.54, 1.807) is 0 Å². The van der Waals surface area contributed by atoms with Crippen molar-refractivity contribution in [2.45, 2.75) is 18.9 Å². The van der Waals surface area contributed by atoms with Crippen molar-refractivity contribution in [3.8, 4) is 0 Å². The van der Waals surface area contributed by atoms with Crippen molar-refractivity contribution in [2.75, 3.05) is 51.4 Å². The zero-order valence-corrected chi connectivity index (χ0v) is 11.1. The smallest absolute Gasteiger partial charge is 0.0491 e. The molecule has 1 unspecified atom stereocenters. The highest BCUT2D eigenvalue weighted by Crippen LogP contribution is 2.18. The van der Waals surface area contributed by atoms with Crippen LogP contribution in [0.15, 0.2) is 0 Å². The molecule has 0 aromatic rings. The average Bonchev–Trinajstić information content (AvgIpc) is 2.33. The van der Waals surface area contributed by atoms with Crippen LogP contribution in [0.2, 0.25) is 0 Å². The second-order valence-corrected chi connectivity index (χ2v) is 6.08. The molecule has 0 spiro atoms. The van der Waals surface area contributed by atoms with Crippen molar-refractivity contribution in [2.24, 2.45) is 5.92 Å². The van der Waals surface area contributed by atoms with Gasteiger partial charge in [0.05, 0.1) is 0 Å². The minimum atomic E-state index is 0.720. The van der Waals surface area contributed by atoms with Crippen LogP contribution in [-0.2, 0) is 4.74 Å². The number of piperidine rings is 1. The molecule has 0 amide bonds. The van der Waals surface area contributed by atoms with Gasteiger partial charge < -0.3 is 15.0 Å². The zero-order valence-electron chi connectivity index (χ0n) is 10.3. The topological polar surface area (TPSA) is 24.5 Å². The summed E-state index contributed by atoms with van der Waals surface area (Å²) < 4.78 is 5.23. The second kappa shape index (κ2) is 6.84.